The van der Waals surface area contributed by atoms with Gasteiger partial charge in [0.25, 0.3) is 0 Å². The summed E-state index contributed by atoms with van der Waals surface area (Å²) in [6, 6.07) is 12.7. The van der Waals surface area contributed by atoms with Crippen LogP contribution < -0.4 is 10.9 Å². The highest BCUT2D eigenvalue weighted by Gasteiger charge is 2.26. The molecule has 0 aliphatic rings. The number of hydrogen-bond acceptors (Lipinski definition) is 3. The lowest BCUT2D eigenvalue weighted by molar-refractivity contribution is -0.119. The summed E-state index contributed by atoms with van der Waals surface area (Å²) in [6.07, 6.45) is 0. The van der Waals surface area contributed by atoms with E-state index >= 15 is 0 Å². The van der Waals surface area contributed by atoms with E-state index in [4.69, 9.17) is 11.6 Å². The van der Waals surface area contributed by atoms with Crippen LogP contribution in [0.25, 0.3) is 0 Å². The van der Waals surface area contributed by atoms with Crippen LogP contribution in [0, 0.1) is 11.2 Å². The van der Waals surface area contributed by atoms with E-state index in [0.717, 1.165) is 0 Å². The summed E-state index contributed by atoms with van der Waals surface area (Å²) in [6.45, 7) is 5.38. The second-order valence-electron chi connectivity index (χ2n) is 6.28. The first-order valence-corrected chi connectivity index (χ1v) is 7.80. The second-order valence-corrected chi connectivity index (χ2v) is 6.71. The Morgan fingerprint density at radius 1 is 1.12 bits per heavy atom. The first kappa shape index (κ1) is 17.9. The van der Waals surface area contributed by atoms with Crippen LogP contribution >= 0.6 is 11.6 Å². The van der Waals surface area contributed by atoms with Gasteiger partial charge in [0.1, 0.15) is 5.82 Å². The molecule has 126 valence electrons. The minimum Gasteiger partial charge on any atom is -0.300 e. The number of nitrogens with one attached hydrogen (secondary N) is 2. The Kier molecular flexibility index (Phi) is 5.57. The molecule has 0 heterocycles. The standard InChI is InChI=1S/C18H19ClFN3O/c1-18(2,3)16(24)17(21-15-6-4-5-13(20)11-15)23-22-14-9-7-12(19)8-10-14/h4-11,22H,1-3H3,(H,21,23). The van der Waals surface area contributed by atoms with Crippen molar-refractivity contribution in [1.29, 1.82) is 0 Å². The Morgan fingerprint density at radius 2 is 1.79 bits per heavy atom. The van der Waals surface area contributed by atoms with Crippen molar-refractivity contribution in [3.05, 3.63) is 59.4 Å². The average Bonchev–Trinajstić information content (AvgIpc) is 2.51. The van der Waals surface area contributed by atoms with Gasteiger partial charge in [-0.1, -0.05) is 38.4 Å². The number of carbonyl (C=O) groups is 1. The van der Waals surface area contributed by atoms with Crippen molar-refractivity contribution >= 4 is 34.6 Å². The SMILES string of the molecule is CC(C)(C)C(=O)C(=Nc1cccc(F)c1)NNc1ccc(Cl)cc1. The highest BCUT2D eigenvalue weighted by Crippen LogP contribution is 2.19. The highest BCUT2D eigenvalue weighted by atomic mass is 35.5. The molecule has 0 unspecified atom stereocenters. The van der Waals surface area contributed by atoms with E-state index in [1.807, 2.05) is 0 Å². The van der Waals surface area contributed by atoms with Crippen LogP contribution in [0.5, 0.6) is 0 Å². The zero-order valence-corrected chi connectivity index (χ0v) is 14.5. The molecule has 0 fully saturated rings. The maximum atomic E-state index is 13.3. The maximum absolute atomic E-state index is 13.3. The number of ketones is 1. The Labute approximate surface area is 145 Å². The van der Waals surface area contributed by atoms with Crippen molar-refractivity contribution in [3.63, 3.8) is 0 Å². The Balaban J connectivity index is 2.26. The van der Waals surface area contributed by atoms with E-state index in [2.05, 4.69) is 15.8 Å². The van der Waals surface area contributed by atoms with Gasteiger partial charge in [-0.05, 0) is 42.5 Å². The summed E-state index contributed by atoms with van der Waals surface area (Å²) in [5, 5.41) is 0.611. The highest BCUT2D eigenvalue weighted by molar-refractivity contribution is 6.41. The lowest BCUT2D eigenvalue weighted by atomic mass is 9.90. The van der Waals surface area contributed by atoms with Gasteiger partial charge in [-0.2, -0.15) is 0 Å². The maximum Gasteiger partial charge on any atom is 0.204 e. The molecule has 0 spiro atoms. The van der Waals surface area contributed by atoms with Gasteiger partial charge < -0.3 is 0 Å². The number of halogens is 2. The van der Waals surface area contributed by atoms with Crippen LogP contribution in [0.4, 0.5) is 15.8 Å². The van der Waals surface area contributed by atoms with Crippen molar-refractivity contribution in [2.24, 2.45) is 10.4 Å². The molecule has 0 aromatic heterocycles. The van der Waals surface area contributed by atoms with Crippen LogP contribution in [-0.4, -0.2) is 11.6 Å². The van der Waals surface area contributed by atoms with E-state index in [-0.39, 0.29) is 11.6 Å². The summed E-state index contributed by atoms with van der Waals surface area (Å²) < 4.78 is 13.3. The number of hydrogen-bond donors (Lipinski definition) is 2. The van der Waals surface area contributed by atoms with Gasteiger partial charge in [-0.3, -0.25) is 15.6 Å². The number of Topliss-reactive ketones (excluding diaryl/α,β-unsaturated/α-hetero) is 1. The molecular formula is C18H19ClFN3O. The summed E-state index contributed by atoms with van der Waals surface area (Å²) in [5.74, 6) is -0.513. The van der Waals surface area contributed by atoms with Crippen LogP contribution in [0.2, 0.25) is 5.02 Å². The van der Waals surface area contributed by atoms with Gasteiger partial charge in [0.15, 0.2) is 5.84 Å². The number of rotatable bonds is 4. The molecular weight excluding hydrogens is 329 g/mol. The van der Waals surface area contributed by atoms with E-state index in [0.29, 0.717) is 16.4 Å². The number of anilines is 1. The van der Waals surface area contributed by atoms with Gasteiger partial charge in [0.2, 0.25) is 5.78 Å². The fourth-order valence-electron chi connectivity index (χ4n) is 1.83. The molecule has 0 saturated carbocycles. The van der Waals surface area contributed by atoms with E-state index < -0.39 is 11.2 Å². The molecule has 24 heavy (non-hydrogen) atoms. The van der Waals surface area contributed by atoms with E-state index in [1.54, 1.807) is 57.2 Å². The average molecular weight is 348 g/mol. The van der Waals surface area contributed by atoms with Crippen LogP contribution in [0.15, 0.2) is 53.5 Å². The van der Waals surface area contributed by atoms with Crippen molar-refractivity contribution < 1.29 is 9.18 Å². The molecule has 2 aromatic rings. The quantitative estimate of drug-likeness (QED) is 0.477. The number of carbonyl (C=O) groups excluding carboxylic acids is 1. The number of hydrazine groups is 1. The minimum absolute atomic E-state index is 0.100. The van der Waals surface area contributed by atoms with Crippen LogP contribution in [0.3, 0.4) is 0 Å². The fourth-order valence-corrected chi connectivity index (χ4v) is 1.96. The molecule has 4 nitrogen and oxygen atoms in total. The molecule has 2 aromatic carbocycles. The zero-order valence-electron chi connectivity index (χ0n) is 13.7. The number of amidine groups is 1. The summed E-state index contributed by atoms with van der Waals surface area (Å²) in [5.41, 5.74) is 6.15. The smallest absolute Gasteiger partial charge is 0.204 e. The van der Waals surface area contributed by atoms with Gasteiger partial charge in [0, 0.05) is 10.4 Å². The first-order valence-electron chi connectivity index (χ1n) is 7.42. The first-order chi connectivity index (χ1) is 11.3. The summed E-state index contributed by atoms with van der Waals surface area (Å²) in [7, 11) is 0. The number of benzene rings is 2. The second kappa shape index (κ2) is 7.45. The Hall–Kier alpha value is -2.40. The minimum atomic E-state index is -0.638. The fraction of sp³-hybridized carbons (Fsp3) is 0.222. The molecule has 0 aliphatic carbocycles. The molecule has 0 atom stereocenters. The third-order valence-electron chi connectivity index (χ3n) is 3.11. The molecule has 0 saturated heterocycles. The van der Waals surface area contributed by atoms with Gasteiger partial charge in [-0.25, -0.2) is 9.38 Å². The Morgan fingerprint density at radius 3 is 2.38 bits per heavy atom. The third-order valence-corrected chi connectivity index (χ3v) is 3.37. The van der Waals surface area contributed by atoms with Crippen molar-refractivity contribution in [2.75, 3.05) is 5.43 Å². The normalized spacial score (nSPS) is 12.0. The predicted octanol–water partition coefficient (Wildman–Crippen LogP) is 4.74. The lowest BCUT2D eigenvalue weighted by Crippen LogP contribution is -2.41. The van der Waals surface area contributed by atoms with Crippen LogP contribution in [0.1, 0.15) is 20.8 Å². The third kappa shape index (κ3) is 5.06. The summed E-state index contributed by atoms with van der Waals surface area (Å²) >= 11 is 5.85. The monoisotopic (exact) mass is 347 g/mol. The van der Waals surface area contributed by atoms with E-state index in [9.17, 15) is 9.18 Å². The predicted molar refractivity (Wildman–Crippen MR) is 96.2 cm³/mol. The molecule has 0 bridgehead atoms. The molecule has 2 rings (SSSR count). The van der Waals surface area contributed by atoms with E-state index in [1.165, 1.54) is 12.1 Å². The van der Waals surface area contributed by atoms with Crippen molar-refractivity contribution in [3.8, 4) is 0 Å². The molecule has 2 N–H and O–H groups in total. The van der Waals surface area contributed by atoms with Crippen LogP contribution in [-0.2, 0) is 4.79 Å². The number of aliphatic imine (C=N–C) groups is 1. The van der Waals surface area contributed by atoms with Gasteiger partial charge in [-0.15, -0.1) is 0 Å². The van der Waals surface area contributed by atoms with Gasteiger partial charge in [0.05, 0.1) is 11.4 Å². The zero-order chi connectivity index (χ0) is 17.7. The molecule has 0 amide bonds. The largest absolute Gasteiger partial charge is 0.300 e. The Bertz CT molecular complexity index is 752. The van der Waals surface area contributed by atoms with Crippen molar-refractivity contribution in [2.45, 2.75) is 20.8 Å². The number of nitrogens with zero attached hydrogens (tertiary/aromatic N) is 1. The van der Waals surface area contributed by atoms with Gasteiger partial charge >= 0.3 is 0 Å². The topological polar surface area (TPSA) is 53.5 Å². The lowest BCUT2D eigenvalue weighted by Gasteiger charge is -2.19. The summed E-state index contributed by atoms with van der Waals surface area (Å²) in [4.78, 5) is 16.8. The molecule has 6 heteroatoms. The molecule has 0 aliphatic heterocycles. The van der Waals surface area contributed by atoms with Crippen molar-refractivity contribution in [1.82, 2.24) is 5.43 Å². The molecule has 0 radical (unpaired) electrons.